The molecule has 1 atom stereocenters. The minimum Gasteiger partial charge on any atom is -0.507 e. The molecule has 0 radical (unpaired) electrons. The Morgan fingerprint density at radius 3 is 2.38 bits per heavy atom. The van der Waals surface area contributed by atoms with Gasteiger partial charge in [0.1, 0.15) is 5.75 Å². The lowest BCUT2D eigenvalue weighted by Gasteiger charge is -2.16. The number of halogens is 2. The molecule has 4 N–H and O–H groups in total. The van der Waals surface area contributed by atoms with Gasteiger partial charge in [0, 0.05) is 18.2 Å². The maximum atomic E-state index is 12.6. The fraction of sp³-hybridized carbons (Fsp3) is 0.455. The van der Waals surface area contributed by atoms with Crippen LogP contribution in [0.2, 0.25) is 0 Å². The van der Waals surface area contributed by atoms with Crippen LogP contribution in [-0.4, -0.2) is 16.8 Å². The minimum absolute atomic E-state index is 0.154. The molecule has 0 heterocycles. The average Bonchev–Trinajstić information content (AvgIpc) is 2.20. The summed E-state index contributed by atoms with van der Waals surface area (Å²) in [7, 11) is 0. The van der Waals surface area contributed by atoms with Crippen molar-refractivity contribution in [1.82, 2.24) is 0 Å². The number of aryl methyl sites for hydroxylation is 1. The van der Waals surface area contributed by atoms with Gasteiger partial charge >= 0.3 is 0 Å². The molecular formula is C11H15F2NO2. The van der Waals surface area contributed by atoms with E-state index in [1.165, 1.54) is 6.07 Å². The summed E-state index contributed by atoms with van der Waals surface area (Å²) in [5.74, 6) is -0.471. The van der Waals surface area contributed by atoms with Crippen LogP contribution in [0.15, 0.2) is 12.1 Å². The third-order valence-electron chi connectivity index (χ3n) is 2.39. The zero-order chi connectivity index (χ0) is 12.3. The SMILES string of the molecule is Cc1cc(C(F)F)c(O)c(C(N)CCO)c1. The van der Waals surface area contributed by atoms with E-state index in [-0.39, 0.29) is 18.6 Å². The Bertz CT molecular complexity index is 369. The van der Waals surface area contributed by atoms with Crippen LogP contribution < -0.4 is 5.73 Å². The van der Waals surface area contributed by atoms with Crippen LogP contribution in [0.25, 0.3) is 0 Å². The number of alkyl halides is 2. The number of benzene rings is 1. The molecular weight excluding hydrogens is 216 g/mol. The average molecular weight is 231 g/mol. The molecule has 0 spiro atoms. The van der Waals surface area contributed by atoms with Crippen LogP contribution in [0.1, 0.15) is 35.6 Å². The molecule has 0 bridgehead atoms. The van der Waals surface area contributed by atoms with Crippen LogP contribution in [0.5, 0.6) is 5.75 Å². The highest BCUT2D eigenvalue weighted by atomic mass is 19.3. The molecule has 3 nitrogen and oxygen atoms in total. The first-order valence-electron chi connectivity index (χ1n) is 4.95. The third-order valence-corrected chi connectivity index (χ3v) is 2.39. The molecule has 1 rings (SSSR count). The number of aliphatic hydroxyl groups excluding tert-OH is 1. The molecule has 0 aliphatic carbocycles. The maximum Gasteiger partial charge on any atom is 0.267 e. The molecule has 0 amide bonds. The Labute approximate surface area is 92.5 Å². The highest BCUT2D eigenvalue weighted by Gasteiger charge is 2.19. The van der Waals surface area contributed by atoms with E-state index in [9.17, 15) is 13.9 Å². The minimum atomic E-state index is -2.74. The number of phenolic OH excluding ortho intramolecular Hbond substituents is 1. The van der Waals surface area contributed by atoms with E-state index in [1.807, 2.05) is 0 Å². The predicted molar refractivity (Wildman–Crippen MR) is 56.4 cm³/mol. The van der Waals surface area contributed by atoms with Gasteiger partial charge in [0.15, 0.2) is 0 Å². The van der Waals surface area contributed by atoms with E-state index < -0.39 is 23.8 Å². The second kappa shape index (κ2) is 5.23. The first-order valence-corrected chi connectivity index (χ1v) is 4.95. The standard InChI is InChI=1S/C11H15F2NO2/c1-6-4-7(9(14)2-3-15)10(16)8(5-6)11(12)13/h4-5,9,11,15-16H,2-3,14H2,1H3. The van der Waals surface area contributed by atoms with Crippen molar-refractivity contribution in [1.29, 1.82) is 0 Å². The van der Waals surface area contributed by atoms with Gasteiger partial charge in [-0.3, -0.25) is 0 Å². The summed E-state index contributed by atoms with van der Waals surface area (Å²) in [5, 5.41) is 18.4. The zero-order valence-corrected chi connectivity index (χ0v) is 8.95. The molecule has 0 aliphatic rings. The van der Waals surface area contributed by atoms with Crippen LogP contribution in [0.3, 0.4) is 0 Å². The van der Waals surface area contributed by atoms with Crippen molar-refractivity contribution in [3.63, 3.8) is 0 Å². The smallest absolute Gasteiger partial charge is 0.267 e. The molecule has 1 aromatic carbocycles. The fourth-order valence-electron chi connectivity index (χ4n) is 1.58. The van der Waals surface area contributed by atoms with Crippen molar-refractivity contribution >= 4 is 0 Å². The molecule has 0 fully saturated rings. The van der Waals surface area contributed by atoms with Crippen molar-refractivity contribution in [2.75, 3.05) is 6.61 Å². The quantitative estimate of drug-likeness (QED) is 0.742. The van der Waals surface area contributed by atoms with Crippen LogP contribution in [0, 0.1) is 6.92 Å². The van der Waals surface area contributed by atoms with Gasteiger partial charge in [-0.25, -0.2) is 8.78 Å². The summed E-state index contributed by atoms with van der Waals surface area (Å²) in [6, 6.07) is 2.15. The second-order valence-electron chi connectivity index (χ2n) is 3.71. The topological polar surface area (TPSA) is 66.5 Å². The van der Waals surface area contributed by atoms with E-state index in [4.69, 9.17) is 10.8 Å². The van der Waals surface area contributed by atoms with Gasteiger partial charge in [-0.1, -0.05) is 11.6 Å². The number of rotatable bonds is 4. The first-order chi connectivity index (χ1) is 7.47. The van der Waals surface area contributed by atoms with Crippen molar-refractivity contribution in [3.05, 3.63) is 28.8 Å². The van der Waals surface area contributed by atoms with Gasteiger partial charge in [0.25, 0.3) is 6.43 Å². The Morgan fingerprint density at radius 2 is 1.88 bits per heavy atom. The maximum absolute atomic E-state index is 12.6. The van der Waals surface area contributed by atoms with Crippen molar-refractivity contribution in [2.24, 2.45) is 5.73 Å². The summed E-state index contributed by atoms with van der Waals surface area (Å²) < 4.78 is 25.2. The highest BCUT2D eigenvalue weighted by Crippen LogP contribution is 2.35. The Balaban J connectivity index is 3.18. The molecule has 0 aliphatic heterocycles. The number of aliphatic hydroxyl groups is 1. The lowest BCUT2D eigenvalue weighted by atomic mass is 9.98. The van der Waals surface area contributed by atoms with Crippen LogP contribution >= 0.6 is 0 Å². The lowest BCUT2D eigenvalue weighted by molar-refractivity contribution is 0.147. The summed E-state index contributed by atoms with van der Waals surface area (Å²) in [4.78, 5) is 0. The third kappa shape index (κ3) is 2.68. The molecule has 1 aromatic rings. The molecule has 1 unspecified atom stereocenters. The summed E-state index contributed by atoms with van der Waals surface area (Å²) in [5.41, 5.74) is 6.13. The van der Waals surface area contributed by atoms with E-state index in [1.54, 1.807) is 13.0 Å². The number of hydrogen-bond donors (Lipinski definition) is 3. The van der Waals surface area contributed by atoms with E-state index in [0.717, 1.165) is 0 Å². The van der Waals surface area contributed by atoms with Gasteiger partial charge < -0.3 is 15.9 Å². The van der Waals surface area contributed by atoms with Gasteiger partial charge in [-0.15, -0.1) is 0 Å². The number of hydrogen-bond acceptors (Lipinski definition) is 3. The molecule has 0 aromatic heterocycles. The first kappa shape index (κ1) is 12.9. The predicted octanol–water partition coefficient (Wildman–Crippen LogP) is 2.02. The summed E-state index contributed by atoms with van der Waals surface area (Å²) in [6.45, 7) is 1.50. The monoisotopic (exact) mass is 231 g/mol. The van der Waals surface area contributed by atoms with Gasteiger partial charge in [0.2, 0.25) is 0 Å². The summed E-state index contributed by atoms with van der Waals surface area (Å²) >= 11 is 0. The number of aromatic hydroxyl groups is 1. The lowest BCUT2D eigenvalue weighted by Crippen LogP contribution is -2.13. The Hall–Kier alpha value is -1.20. The molecule has 0 saturated heterocycles. The van der Waals surface area contributed by atoms with Gasteiger partial charge in [-0.2, -0.15) is 0 Å². The van der Waals surface area contributed by atoms with Crippen molar-refractivity contribution < 1.29 is 19.0 Å². The molecule has 5 heteroatoms. The Kier molecular flexibility index (Phi) is 4.20. The molecule has 90 valence electrons. The van der Waals surface area contributed by atoms with Gasteiger partial charge in [-0.05, 0) is 19.4 Å². The largest absolute Gasteiger partial charge is 0.507 e. The molecule has 0 saturated carbocycles. The van der Waals surface area contributed by atoms with E-state index in [2.05, 4.69) is 0 Å². The van der Waals surface area contributed by atoms with Crippen molar-refractivity contribution in [2.45, 2.75) is 25.8 Å². The van der Waals surface area contributed by atoms with Gasteiger partial charge in [0.05, 0.1) is 5.56 Å². The number of nitrogens with two attached hydrogens (primary N) is 1. The van der Waals surface area contributed by atoms with Crippen molar-refractivity contribution in [3.8, 4) is 5.75 Å². The van der Waals surface area contributed by atoms with Crippen LogP contribution in [-0.2, 0) is 0 Å². The zero-order valence-electron chi connectivity index (χ0n) is 8.95. The molecule has 16 heavy (non-hydrogen) atoms. The fourth-order valence-corrected chi connectivity index (χ4v) is 1.58. The highest BCUT2D eigenvalue weighted by molar-refractivity contribution is 5.45. The summed E-state index contributed by atoms with van der Waals surface area (Å²) in [6.07, 6.45) is -2.51. The van der Waals surface area contributed by atoms with E-state index in [0.29, 0.717) is 5.56 Å². The van der Waals surface area contributed by atoms with E-state index >= 15 is 0 Å². The number of phenols is 1. The van der Waals surface area contributed by atoms with Crippen LogP contribution in [0.4, 0.5) is 8.78 Å². The normalized spacial score (nSPS) is 13.1. The Morgan fingerprint density at radius 1 is 1.31 bits per heavy atom. The second-order valence-corrected chi connectivity index (χ2v) is 3.71.